The topological polar surface area (TPSA) is 154 Å². The van der Waals surface area contributed by atoms with Crippen LogP contribution in [-0.4, -0.2) is 57.5 Å². The fourth-order valence-corrected chi connectivity index (χ4v) is 6.94. The molecule has 0 aliphatic carbocycles. The molecule has 0 aromatic carbocycles. The van der Waals surface area contributed by atoms with Crippen molar-refractivity contribution in [3.63, 3.8) is 0 Å². The van der Waals surface area contributed by atoms with Crippen molar-refractivity contribution in [2.75, 3.05) is 11.9 Å². The van der Waals surface area contributed by atoms with Crippen LogP contribution in [0.2, 0.25) is 5.15 Å². The first-order valence-corrected chi connectivity index (χ1v) is 16.7. The van der Waals surface area contributed by atoms with E-state index in [1.807, 2.05) is 30.7 Å². The van der Waals surface area contributed by atoms with Gasteiger partial charge in [0.25, 0.3) is 15.9 Å². The molecular weight excluding hydrogens is 672 g/mol. The Bertz CT molecular complexity index is 1660. The number of nitrogens with one attached hydrogen (secondary N) is 2. The zero-order valence-electron chi connectivity index (χ0n) is 25.1. The molecule has 0 radical (unpaired) electrons. The third-order valence-corrected chi connectivity index (χ3v) is 9.63. The zero-order valence-corrected chi connectivity index (χ0v) is 28.3. The first-order valence-electron chi connectivity index (χ1n) is 14.1. The molecule has 1 aliphatic rings. The molecule has 4 rings (SSSR count). The fourth-order valence-electron chi connectivity index (χ4n) is 5.35. The van der Waals surface area contributed by atoms with E-state index in [-0.39, 0.29) is 38.9 Å². The van der Waals surface area contributed by atoms with Gasteiger partial charge >= 0.3 is 6.09 Å². The lowest BCUT2D eigenvalue weighted by Crippen LogP contribution is -2.41. The number of pyridine rings is 3. The molecule has 0 saturated carbocycles. The van der Waals surface area contributed by atoms with Gasteiger partial charge in [0.15, 0.2) is 5.03 Å². The summed E-state index contributed by atoms with van der Waals surface area (Å²) >= 11 is 9.19. The quantitative estimate of drug-likeness (QED) is 0.214. The number of halogens is 2. The van der Waals surface area contributed by atoms with Crippen LogP contribution in [0.4, 0.5) is 10.6 Å². The average Bonchev–Trinajstić information content (AvgIpc) is 3.24. The minimum absolute atomic E-state index is 0.103. The standard InChI is InChI=1S/C30H36BrClN6O5S/c1-29(2,3)19-13-14-33-22(15-19)21(11-9-18-16-30(4,5)38(17-18)28(40)41)34-24-7-6-8-25(36-24)44(42,43)37-27(39)20-10-12-23(31)35-26(20)32/h6-8,10,12-15,18,21H,9,11,16-17H2,1-5H3,(H,34,36)(H,37,39)(H,40,41)/t18-,21?/m0/s1. The lowest BCUT2D eigenvalue weighted by molar-refractivity contribution is 0.0980. The Labute approximate surface area is 271 Å². The Hall–Kier alpha value is -3.29. The van der Waals surface area contributed by atoms with Gasteiger partial charge in [-0.2, -0.15) is 8.42 Å². The SMILES string of the molecule is CC(C)(C)c1ccnc(C(CC[C@@H]2CN(C(=O)O)C(C)(C)C2)Nc2cccc(S(=O)(=O)NC(=O)c3ccc(Br)nc3Cl)n2)c1. The molecule has 4 heterocycles. The number of rotatable bonds is 9. The van der Waals surface area contributed by atoms with Gasteiger partial charge in [-0.05, 0) is 102 Å². The number of hydrogen-bond donors (Lipinski definition) is 3. The van der Waals surface area contributed by atoms with Crippen molar-refractivity contribution in [3.05, 3.63) is 75.2 Å². The van der Waals surface area contributed by atoms with E-state index in [0.29, 0.717) is 24.0 Å². The maximum atomic E-state index is 13.1. The van der Waals surface area contributed by atoms with Crippen molar-refractivity contribution >= 4 is 55.4 Å². The van der Waals surface area contributed by atoms with Gasteiger partial charge < -0.3 is 15.3 Å². The summed E-state index contributed by atoms with van der Waals surface area (Å²) in [6.07, 6.45) is 2.85. The van der Waals surface area contributed by atoms with Crippen molar-refractivity contribution in [2.24, 2.45) is 5.92 Å². The first kappa shape index (κ1) is 33.6. The molecule has 0 bridgehead atoms. The van der Waals surface area contributed by atoms with E-state index < -0.39 is 27.6 Å². The van der Waals surface area contributed by atoms with Crippen molar-refractivity contribution in [3.8, 4) is 0 Å². The maximum absolute atomic E-state index is 13.1. The summed E-state index contributed by atoms with van der Waals surface area (Å²) in [5.41, 5.74) is 1.15. The number of amides is 2. The molecule has 236 valence electrons. The number of carboxylic acid groups (broad SMARTS) is 1. The third kappa shape index (κ3) is 8.05. The molecule has 14 heteroatoms. The molecule has 11 nitrogen and oxygen atoms in total. The molecule has 3 N–H and O–H groups in total. The molecule has 2 atom stereocenters. The normalized spacial score (nSPS) is 17.2. The Kier molecular flexibility index (Phi) is 9.91. The van der Waals surface area contributed by atoms with Gasteiger partial charge in [-0.15, -0.1) is 0 Å². The summed E-state index contributed by atoms with van der Waals surface area (Å²) in [6.45, 7) is 10.6. The van der Waals surface area contributed by atoms with Crippen LogP contribution in [0.3, 0.4) is 0 Å². The second-order valence-electron chi connectivity index (χ2n) is 12.5. The van der Waals surface area contributed by atoms with Crippen LogP contribution in [0, 0.1) is 5.92 Å². The monoisotopic (exact) mass is 706 g/mol. The number of carbonyl (C=O) groups excluding carboxylic acids is 1. The highest BCUT2D eigenvalue weighted by Gasteiger charge is 2.41. The predicted molar refractivity (Wildman–Crippen MR) is 171 cm³/mol. The van der Waals surface area contributed by atoms with Crippen molar-refractivity contribution in [1.82, 2.24) is 24.6 Å². The Morgan fingerprint density at radius 1 is 1.18 bits per heavy atom. The molecule has 1 aliphatic heterocycles. The van der Waals surface area contributed by atoms with Gasteiger partial charge in [-0.1, -0.05) is 38.4 Å². The molecule has 2 amide bonds. The highest BCUT2D eigenvalue weighted by Crippen LogP contribution is 2.37. The maximum Gasteiger partial charge on any atom is 0.407 e. The Morgan fingerprint density at radius 2 is 1.91 bits per heavy atom. The molecule has 3 aromatic heterocycles. The minimum Gasteiger partial charge on any atom is -0.465 e. The first-order chi connectivity index (χ1) is 20.5. The number of sulfonamides is 1. The van der Waals surface area contributed by atoms with Gasteiger partial charge in [-0.3, -0.25) is 9.78 Å². The second kappa shape index (κ2) is 13.0. The summed E-state index contributed by atoms with van der Waals surface area (Å²) in [5.74, 6) is -0.521. The lowest BCUT2D eigenvalue weighted by Gasteiger charge is -2.28. The molecule has 44 heavy (non-hydrogen) atoms. The van der Waals surface area contributed by atoms with E-state index in [1.165, 1.54) is 29.2 Å². The van der Waals surface area contributed by atoms with Crippen LogP contribution < -0.4 is 10.0 Å². The van der Waals surface area contributed by atoms with Gasteiger partial charge in [0, 0.05) is 18.3 Å². The highest BCUT2D eigenvalue weighted by molar-refractivity contribution is 9.10. The van der Waals surface area contributed by atoms with Crippen LogP contribution in [0.25, 0.3) is 0 Å². The zero-order chi connectivity index (χ0) is 32.4. The second-order valence-corrected chi connectivity index (χ2v) is 15.3. The van der Waals surface area contributed by atoms with Crippen LogP contribution in [-0.2, 0) is 15.4 Å². The van der Waals surface area contributed by atoms with Crippen LogP contribution >= 0.6 is 27.5 Å². The summed E-state index contributed by atoms with van der Waals surface area (Å²) in [4.78, 5) is 38.9. The molecular formula is C30H36BrClN6O5S. The smallest absolute Gasteiger partial charge is 0.407 e. The molecule has 0 spiro atoms. The van der Waals surface area contributed by atoms with Crippen LogP contribution in [0.15, 0.2) is 58.3 Å². The van der Waals surface area contributed by atoms with Gasteiger partial charge in [-0.25, -0.2) is 19.5 Å². The highest BCUT2D eigenvalue weighted by atomic mass is 79.9. The summed E-state index contributed by atoms with van der Waals surface area (Å²) < 4.78 is 28.7. The number of anilines is 1. The minimum atomic E-state index is -4.36. The van der Waals surface area contributed by atoms with E-state index in [4.69, 9.17) is 11.6 Å². The van der Waals surface area contributed by atoms with Gasteiger partial charge in [0.1, 0.15) is 15.6 Å². The number of nitrogens with zero attached hydrogens (tertiary/aromatic N) is 4. The predicted octanol–water partition coefficient (Wildman–Crippen LogP) is 6.42. The number of carbonyl (C=O) groups is 2. The summed E-state index contributed by atoms with van der Waals surface area (Å²) in [7, 11) is -4.36. The molecule has 1 saturated heterocycles. The summed E-state index contributed by atoms with van der Waals surface area (Å²) in [6, 6.07) is 10.9. The van der Waals surface area contributed by atoms with E-state index in [1.54, 1.807) is 12.3 Å². The van der Waals surface area contributed by atoms with Crippen LogP contribution in [0.5, 0.6) is 0 Å². The molecule has 1 fully saturated rings. The van der Waals surface area contributed by atoms with Crippen LogP contribution in [0.1, 0.15) is 81.5 Å². The average molecular weight is 708 g/mol. The van der Waals surface area contributed by atoms with Crippen molar-refractivity contribution in [1.29, 1.82) is 0 Å². The molecule has 3 aromatic rings. The summed E-state index contributed by atoms with van der Waals surface area (Å²) in [5, 5.41) is 12.5. The van der Waals surface area contributed by atoms with Crippen molar-refractivity contribution in [2.45, 2.75) is 75.9 Å². The lowest BCUT2D eigenvalue weighted by atomic mass is 9.86. The Balaban J connectivity index is 1.58. The molecule has 1 unspecified atom stereocenters. The van der Waals surface area contributed by atoms with E-state index >= 15 is 0 Å². The number of likely N-dealkylation sites (tertiary alicyclic amines) is 1. The van der Waals surface area contributed by atoms with Crippen molar-refractivity contribution < 1.29 is 23.1 Å². The Morgan fingerprint density at radius 3 is 2.55 bits per heavy atom. The number of aromatic nitrogens is 3. The van der Waals surface area contributed by atoms with Gasteiger partial charge in [0.2, 0.25) is 0 Å². The largest absolute Gasteiger partial charge is 0.465 e. The number of hydrogen-bond acceptors (Lipinski definition) is 8. The van der Waals surface area contributed by atoms with E-state index in [2.05, 4.69) is 57.0 Å². The third-order valence-electron chi connectivity index (χ3n) is 7.67. The van der Waals surface area contributed by atoms with E-state index in [0.717, 1.165) is 17.7 Å². The van der Waals surface area contributed by atoms with Gasteiger partial charge in [0.05, 0.1) is 17.3 Å². The van der Waals surface area contributed by atoms with E-state index in [9.17, 15) is 23.1 Å². The fraction of sp³-hybridized carbons (Fsp3) is 0.433.